The van der Waals surface area contributed by atoms with Gasteiger partial charge in [-0.1, -0.05) is 34.1 Å². The number of benzene rings is 1. The zero-order valence-corrected chi connectivity index (χ0v) is 14.6. The molecule has 0 unspecified atom stereocenters. The highest BCUT2D eigenvalue weighted by Crippen LogP contribution is 2.22. The molecule has 0 aliphatic heterocycles. The number of hydrogen-bond acceptors (Lipinski definition) is 3. The fourth-order valence-electron chi connectivity index (χ4n) is 1.66. The van der Waals surface area contributed by atoms with Crippen LogP contribution in [0.1, 0.15) is 5.56 Å². The predicted molar refractivity (Wildman–Crippen MR) is 84.7 cm³/mol. The minimum atomic E-state index is -3.56. The van der Waals surface area contributed by atoms with Crippen molar-refractivity contribution in [3.8, 4) is 0 Å². The summed E-state index contributed by atoms with van der Waals surface area (Å²) in [7, 11) is -2.01. The average Bonchev–Trinajstić information content (AvgIpc) is 2.41. The molecule has 0 spiro atoms. The molecule has 0 aliphatic carbocycles. The Morgan fingerprint density at radius 2 is 1.90 bits per heavy atom. The van der Waals surface area contributed by atoms with Crippen molar-refractivity contribution in [3.05, 3.63) is 57.2 Å². The number of sulfonamides is 1. The van der Waals surface area contributed by atoms with E-state index in [2.05, 4.69) is 36.8 Å². The van der Waals surface area contributed by atoms with Gasteiger partial charge in [0.2, 0.25) is 10.0 Å². The quantitative estimate of drug-likeness (QED) is 0.762. The maximum absolute atomic E-state index is 12.4. The molecule has 0 radical (unpaired) electrons. The minimum absolute atomic E-state index is 0.168. The number of halogens is 2. The van der Waals surface area contributed by atoms with Gasteiger partial charge in [-0.25, -0.2) is 8.42 Å². The fourth-order valence-corrected chi connectivity index (χ4v) is 3.73. The van der Waals surface area contributed by atoms with Crippen molar-refractivity contribution in [2.75, 3.05) is 7.05 Å². The first kappa shape index (κ1) is 15.6. The summed E-state index contributed by atoms with van der Waals surface area (Å²) in [6.07, 6.45) is 2.89. The minimum Gasteiger partial charge on any atom is -0.262 e. The molecule has 7 heteroatoms. The second-order valence-corrected chi connectivity index (χ2v) is 8.01. The van der Waals surface area contributed by atoms with Crippen LogP contribution in [0, 0.1) is 0 Å². The van der Waals surface area contributed by atoms with Gasteiger partial charge in [0.05, 0.1) is 0 Å². The summed E-state index contributed by atoms with van der Waals surface area (Å²) < 4.78 is 27.7. The Balaban J connectivity index is 2.29. The van der Waals surface area contributed by atoms with Crippen LogP contribution in [-0.2, 0) is 16.6 Å². The third-order valence-electron chi connectivity index (χ3n) is 2.74. The molecule has 0 fully saturated rings. The summed E-state index contributed by atoms with van der Waals surface area (Å²) in [5.41, 5.74) is 0.904. The molecule has 1 heterocycles. The monoisotopic (exact) mass is 418 g/mol. The van der Waals surface area contributed by atoms with Gasteiger partial charge in [0.25, 0.3) is 0 Å². The van der Waals surface area contributed by atoms with E-state index in [0.29, 0.717) is 4.47 Å². The van der Waals surface area contributed by atoms with E-state index < -0.39 is 10.0 Å². The van der Waals surface area contributed by atoms with Gasteiger partial charge in [0.15, 0.2) is 0 Å². The summed E-state index contributed by atoms with van der Waals surface area (Å²) >= 11 is 6.65. The maximum Gasteiger partial charge on any atom is 0.244 e. The van der Waals surface area contributed by atoms with Gasteiger partial charge in [0.1, 0.15) is 4.90 Å². The topological polar surface area (TPSA) is 50.3 Å². The van der Waals surface area contributed by atoms with Gasteiger partial charge in [-0.3, -0.25) is 4.98 Å². The molecule has 20 heavy (non-hydrogen) atoms. The molecule has 0 saturated carbocycles. The summed E-state index contributed by atoms with van der Waals surface area (Å²) in [5.74, 6) is 0. The van der Waals surface area contributed by atoms with Crippen LogP contribution in [0.2, 0.25) is 0 Å². The standard InChI is InChI=1S/C13H12Br2N2O2S/c1-17(9-10-4-2-3-5-13(10)15)20(18,19)12-6-11(14)7-16-8-12/h2-8H,9H2,1H3. The highest BCUT2D eigenvalue weighted by Gasteiger charge is 2.22. The smallest absolute Gasteiger partial charge is 0.244 e. The Bertz CT molecular complexity index is 720. The number of nitrogens with zero attached hydrogens (tertiary/aromatic N) is 2. The van der Waals surface area contributed by atoms with Crippen LogP contribution in [0.5, 0.6) is 0 Å². The van der Waals surface area contributed by atoms with Crippen molar-refractivity contribution in [2.45, 2.75) is 11.4 Å². The first-order valence-corrected chi connectivity index (χ1v) is 8.74. The van der Waals surface area contributed by atoms with Crippen LogP contribution in [0.25, 0.3) is 0 Å². The van der Waals surface area contributed by atoms with E-state index >= 15 is 0 Å². The number of hydrogen-bond donors (Lipinski definition) is 0. The summed E-state index contributed by atoms with van der Waals surface area (Å²) in [6, 6.07) is 9.08. The van der Waals surface area contributed by atoms with Gasteiger partial charge in [0, 0.05) is 34.9 Å². The van der Waals surface area contributed by atoms with Crippen LogP contribution < -0.4 is 0 Å². The Morgan fingerprint density at radius 1 is 1.20 bits per heavy atom. The van der Waals surface area contributed by atoms with Crippen LogP contribution in [0.4, 0.5) is 0 Å². The van der Waals surface area contributed by atoms with E-state index in [1.54, 1.807) is 19.3 Å². The van der Waals surface area contributed by atoms with Crippen molar-refractivity contribution in [1.82, 2.24) is 9.29 Å². The summed E-state index contributed by atoms with van der Waals surface area (Å²) in [5, 5.41) is 0. The van der Waals surface area contributed by atoms with Crippen molar-refractivity contribution >= 4 is 41.9 Å². The van der Waals surface area contributed by atoms with Gasteiger partial charge >= 0.3 is 0 Å². The van der Waals surface area contributed by atoms with E-state index in [0.717, 1.165) is 10.0 Å². The lowest BCUT2D eigenvalue weighted by molar-refractivity contribution is 0.465. The highest BCUT2D eigenvalue weighted by molar-refractivity contribution is 9.10. The van der Waals surface area contributed by atoms with E-state index in [1.165, 1.54) is 10.5 Å². The molecule has 0 N–H and O–H groups in total. The van der Waals surface area contributed by atoms with Crippen molar-refractivity contribution in [3.63, 3.8) is 0 Å². The number of aromatic nitrogens is 1. The molecule has 2 aromatic rings. The van der Waals surface area contributed by atoms with Crippen LogP contribution in [-0.4, -0.2) is 24.8 Å². The molecule has 0 atom stereocenters. The molecular formula is C13H12Br2N2O2S. The zero-order chi connectivity index (χ0) is 14.8. The lowest BCUT2D eigenvalue weighted by atomic mass is 10.2. The van der Waals surface area contributed by atoms with E-state index in [-0.39, 0.29) is 11.4 Å². The maximum atomic E-state index is 12.4. The second kappa shape index (κ2) is 6.34. The van der Waals surface area contributed by atoms with E-state index in [9.17, 15) is 8.42 Å². The lowest BCUT2D eigenvalue weighted by Crippen LogP contribution is -2.26. The summed E-state index contributed by atoms with van der Waals surface area (Å²) in [4.78, 5) is 4.06. The fraction of sp³-hybridized carbons (Fsp3) is 0.154. The van der Waals surface area contributed by atoms with Crippen molar-refractivity contribution in [1.29, 1.82) is 0 Å². The Morgan fingerprint density at radius 3 is 2.55 bits per heavy atom. The molecule has 1 aromatic heterocycles. The van der Waals surface area contributed by atoms with E-state index in [1.807, 2.05) is 24.3 Å². The van der Waals surface area contributed by atoms with Gasteiger partial charge in [-0.15, -0.1) is 0 Å². The molecule has 0 bridgehead atoms. The Labute approximate surface area is 135 Å². The Kier molecular flexibility index (Phi) is 4.95. The van der Waals surface area contributed by atoms with Gasteiger partial charge < -0.3 is 0 Å². The highest BCUT2D eigenvalue weighted by atomic mass is 79.9. The van der Waals surface area contributed by atoms with Crippen molar-refractivity contribution < 1.29 is 8.42 Å². The second-order valence-electron chi connectivity index (χ2n) is 4.19. The van der Waals surface area contributed by atoms with Crippen LogP contribution in [0.15, 0.2) is 56.6 Å². The van der Waals surface area contributed by atoms with Gasteiger partial charge in [-0.05, 0) is 33.6 Å². The first-order valence-electron chi connectivity index (χ1n) is 5.71. The van der Waals surface area contributed by atoms with Crippen LogP contribution in [0.3, 0.4) is 0 Å². The molecule has 0 aliphatic rings. The largest absolute Gasteiger partial charge is 0.262 e. The third-order valence-corrected chi connectivity index (χ3v) is 5.71. The summed E-state index contributed by atoms with van der Waals surface area (Å²) in [6.45, 7) is 0.288. The molecule has 2 rings (SSSR count). The molecule has 1 aromatic carbocycles. The SMILES string of the molecule is CN(Cc1ccccc1Br)S(=O)(=O)c1cncc(Br)c1. The molecule has 0 saturated heterocycles. The molecular weight excluding hydrogens is 408 g/mol. The number of rotatable bonds is 4. The van der Waals surface area contributed by atoms with Crippen molar-refractivity contribution in [2.24, 2.45) is 0 Å². The van der Waals surface area contributed by atoms with Gasteiger partial charge in [-0.2, -0.15) is 4.31 Å². The predicted octanol–water partition coefficient (Wildman–Crippen LogP) is 3.43. The normalized spacial score (nSPS) is 11.8. The number of pyridine rings is 1. The third kappa shape index (κ3) is 3.46. The molecule has 0 amide bonds. The molecule has 106 valence electrons. The zero-order valence-electron chi connectivity index (χ0n) is 10.6. The average molecular weight is 420 g/mol. The lowest BCUT2D eigenvalue weighted by Gasteiger charge is -2.18. The Hall–Kier alpha value is -0.760. The first-order chi connectivity index (χ1) is 9.41. The molecule has 4 nitrogen and oxygen atoms in total. The van der Waals surface area contributed by atoms with E-state index in [4.69, 9.17) is 0 Å². The van der Waals surface area contributed by atoms with Crippen LogP contribution >= 0.6 is 31.9 Å².